The monoisotopic (exact) mass is 365 g/mol. The number of rotatable bonds is 2. The number of phenols is 1. The Bertz CT molecular complexity index is 874. The number of aromatic amines is 1. The van der Waals surface area contributed by atoms with Gasteiger partial charge in [0.15, 0.2) is 0 Å². The Kier molecular flexibility index (Phi) is 4.60. The summed E-state index contributed by atoms with van der Waals surface area (Å²) >= 11 is 5.84. The molecule has 0 atom stereocenters. The summed E-state index contributed by atoms with van der Waals surface area (Å²) in [7, 11) is 0. The van der Waals surface area contributed by atoms with Gasteiger partial charge in [0.2, 0.25) is 0 Å². The second kappa shape index (κ2) is 6.42. The predicted molar refractivity (Wildman–Crippen MR) is 94.5 cm³/mol. The van der Waals surface area contributed by atoms with E-state index in [1.54, 1.807) is 0 Å². The number of aromatic nitrogens is 2. The number of H-pyrrole nitrogens is 1. The predicted octanol–water partition coefficient (Wildman–Crippen LogP) is 3.12. The molecular formula is C18H21ClFN3O2. The van der Waals surface area contributed by atoms with Gasteiger partial charge in [0.25, 0.3) is 5.56 Å². The highest BCUT2D eigenvalue weighted by Gasteiger charge is 2.25. The Balaban J connectivity index is 1.89. The summed E-state index contributed by atoms with van der Waals surface area (Å²) in [5, 5.41) is 10.0. The normalized spacial score (nSPS) is 15.2. The molecular weight excluding hydrogens is 345 g/mol. The van der Waals surface area contributed by atoms with Crippen LogP contribution in [0.3, 0.4) is 0 Å². The molecule has 3 rings (SSSR count). The van der Waals surface area contributed by atoms with E-state index >= 15 is 0 Å². The van der Waals surface area contributed by atoms with Crippen molar-refractivity contribution in [3.8, 4) is 5.75 Å². The van der Waals surface area contributed by atoms with Crippen LogP contribution in [0.15, 0.2) is 16.9 Å². The van der Waals surface area contributed by atoms with E-state index in [1.165, 1.54) is 6.07 Å². The number of nitrogens with one attached hydrogen (secondary N) is 1. The third-order valence-electron chi connectivity index (χ3n) is 4.36. The zero-order valence-electron chi connectivity index (χ0n) is 14.5. The summed E-state index contributed by atoms with van der Waals surface area (Å²) in [6, 6.07) is 2.37. The van der Waals surface area contributed by atoms with Crippen molar-refractivity contribution in [2.45, 2.75) is 45.7 Å². The van der Waals surface area contributed by atoms with Crippen molar-refractivity contribution in [2.75, 3.05) is 6.54 Å². The third-order valence-corrected chi connectivity index (χ3v) is 4.65. The van der Waals surface area contributed by atoms with Crippen molar-refractivity contribution in [3.63, 3.8) is 0 Å². The number of hydrogen-bond acceptors (Lipinski definition) is 4. The maximum atomic E-state index is 13.6. The van der Waals surface area contributed by atoms with Gasteiger partial charge in [0, 0.05) is 36.2 Å². The first-order valence-electron chi connectivity index (χ1n) is 8.17. The summed E-state index contributed by atoms with van der Waals surface area (Å²) in [6.45, 7) is 7.40. The largest absolute Gasteiger partial charge is 0.506 e. The average Bonchev–Trinajstić information content (AvgIpc) is 2.51. The first kappa shape index (κ1) is 17.9. The zero-order valence-corrected chi connectivity index (χ0v) is 15.2. The Hall–Kier alpha value is -1.92. The van der Waals surface area contributed by atoms with Gasteiger partial charge in [-0.1, -0.05) is 32.4 Å². The van der Waals surface area contributed by atoms with E-state index in [-0.39, 0.29) is 21.7 Å². The molecule has 1 aliphatic rings. The molecule has 0 spiro atoms. The van der Waals surface area contributed by atoms with Crippen LogP contribution in [-0.4, -0.2) is 26.5 Å². The minimum Gasteiger partial charge on any atom is -0.506 e. The Morgan fingerprint density at radius 1 is 1.40 bits per heavy atom. The summed E-state index contributed by atoms with van der Waals surface area (Å²) in [4.78, 5) is 21.8. The van der Waals surface area contributed by atoms with Gasteiger partial charge in [0.05, 0.1) is 10.7 Å². The molecule has 7 heteroatoms. The highest BCUT2D eigenvalue weighted by atomic mass is 35.5. The molecule has 1 aromatic heterocycles. The minimum atomic E-state index is -0.486. The second-order valence-electron chi connectivity index (χ2n) is 7.45. The maximum absolute atomic E-state index is 13.6. The summed E-state index contributed by atoms with van der Waals surface area (Å²) < 4.78 is 13.6. The number of halogens is 2. The van der Waals surface area contributed by atoms with E-state index in [1.807, 2.05) is 25.7 Å². The van der Waals surface area contributed by atoms with Crippen molar-refractivity contribution >= 4 is 11.6 Å². The van der Waals surface area contributed by atoms with Gasteiger partial charge in [-0.05, 0) is 18.6 Å². The van der Waals surface area contributed by atoms with Gasteiger partial charge in [-0.25, -0.2) is 9.37 Å². The molecule has 2 heterocycles. The van der Waals surface area contributed by atoms with Gasteiger partial charge in [0.1, 0.15) is 17.4 Å². The van der Waals surface area contributed by atoms with Crippen molar-refractivity contribution in [2.24, 2.45) is 0 Å². The summed E-state index contributed by atoms with van der Waals surface area (Å²) in [5.74, 6) is 0.0534. The highest BCUT2D eigenvalue weighted by Crippen LogP contribution is 2.30. The van der Waals surface area contributed by atoms with E-state index in [9.17, 15) is 14.3 Å². The van der Waals surface area contributed by atoms with Crippen LogP contribution in [-0.2, 0) is 24.9 Å². The number of phenolic OH excluding ortho intramolecular Hbond substituents is 1. The molecule has 2 N–H and O–H groups in total. The zero-order chi connectivity index (χ0) is 18.4. The van der Waals surface area contributed by atoms with Crippen LogP contribution in [0.1, 0.15) is 43.4 Å². The quantitative estimate of drug-likeness (QED) is 0.858. The van der Waals surface area contributed by atoms with Gasteiger partial charge >= 0.3 is 0 Å². The molecule has 25 heavy (non-hydrogen) atoms. The molecule has 0 radical (unpaired) electrons. The molecule has 0 saturated heterocycles. The lowest BCUT2D eigenvalue weighted by molar-refractivity contribution is 0.236. The van der Waals surface area contributed by atoms with Crippen molar-refractivity contribution in [1.82, 2.24) is 14.9 Å². The highest BCUT2D eigenvalue weighted by molar-refractivity contribution is 6.32. The fourth-order valence-electron chi connectivity index (χ4n) is 2.96. The lowest BCUT2D eigenvalue weighted by atomic mass is 9.95. The number of nitrogens with zero attached hydrogens (tertiary/aromatic N) is 2. The van der Waals surface area contributed by atoms with Crippen LogP contribution in [0.5, 0.6) is 5.75 Å². The lowest BCUT2D eigenvalue weighted by Gasteiger charge is -2.29. The molecule has 0 saturated carbocycles. The minimum absolute atomic E-state index is 0.00278. The lowest BCUT2D eigenvalue weighted by Crippen LogP contribution is -2.36. The van der Waals surface area contributed by atoms with E-state index in [0.29, 0.717) is 43.0 Å². The van der Waals surface area contributed by atoms with Crippen LogP contribution in [0.2, 0.25) is 5.02 Å². The molecule has 0 bridgehead atoms. The standard InChI is InChI=1S/C18H21ClFN3O2/c1-18(2,3)17-21-14-9-23(5-4-12(14)16(25)22-17)8-10-6-11(20)7-13(19)15(10)24/h6-7,24H,4-5,8-9H2,1-3H3,(H,21,22,25). The van der Waals surface area contributed by atoms with E-state index in [2.05, 4.69) is 9.97 Å². The van der Waals surface area contributed by atoms with Crippen LogP contribution in [0.25, 0.3) is 0 Å². The van der Waals surface area contributed by atoms with Crippen LogP contribution >= 0.6 is 11.6 Å². The molecule has 0 aliphatic carbocycles. The van der Waals surface area contributed by atoms with Crippen molar-refractivity contribution in [3.05, 3.63) is 56.0 Å². The van der Waals surface area contributed by atoms with Gasteiger partial charge < -0.3 is 10.1 Å². The fraction of sp³-hybridized carbons (Fsp3) is 0.444. The number of hydrogen-bond donors (Lipinski definition) is 2. The first-order valence-corrected chi connectivity index (χ1v) is 8.54. The second-order valence-corrected chi connectivity index (χ2v) is 7.85. The average molecular weight is 366 g/mol. The molecule has 5 nitrogen and oxygen atoms in total. The fourth-order valence-corrected chi connectivity index (χ4v) is 3.19. The molecule has 2 aromatic rings. The topological polar surface area (TPSA) is 69.2 Å². The van der Waals surface area contributed by atoms with Crippen LogP contribution in [0.4, 0.5) is 4.39 Å². The molecule has 1 aromatic carbocycles. The van der Waals surface area contributed by atoms with Gasteiger partial charge in [-0.3, -0.25) is 9.69 Å². The molecule has 0 amide bonds. The Labute approximate surface area is 150 Å². The molecule has 1 aliphatic heterocycles. The molecule has 0 unspecified atom stereocenters. The SMILES string of the molecule is CC(C)(C)c1nc2c(c(=O)[nH]1)CCN(Cc1cc(F)cc(Cl)c1O)C2. The number of benzene rings is 1. The van der Waals surface area contributed by atoms with E-state index in [4.69, 9.17) is 11.6 Å². The molecule has 134 valence electrons. The van der Waals surface area contributed by atoms with E-state index < -0.39 is 5.82 Å². The Morgan fingerprint density at radius 2 is 2.12 bits per heavy atom. The van der Waals surface area contributed by atoms with Gasteiger partial charge in [-0.15, -0.1) is 0 Å². The Morgan fingerprint density at radius 3 is 2.80 bits per heavy atom. The van der Waals surface area contributed by atoms with Crippen molar-refractivity contribution in [1.29, 1.82) is 0 Å². The molecule has 0 fully saturated rings. The number of aromatic hydroxyl groups is 1. The third kappa shape index (κ3) is 3.70. The first-order chi connectivity index (χ1) is 11.6. The van der Waals surface area contributed by atoms with Crippen LogP contribution in [0, 0.1) is 5.82 Å². The summed E-state index contributed by atoms with van der Waals surface area (Å²) in [6.07, 6.45) is 0.561. The van der Waals surface area contributed by atoms with Crippen LogP contribution < -0.4 is 5.56 Å². The maximum Gasteiger partial charge on any atom is 0.254 e. The summed E-state index contributed by atoms with van der Waals surface area (Å²) in [5.41, 5.74) is 1.51. The van der Waals surface area contributed by atoms with Gasteiger partial charge in [-0.2, -0.15) is 0 Å². The number of fused-ring (bicyclic) bond motifs is 1. The van der Waals surface area contributed by atoms with Crippen molar-refractivity contribution < 1.29 is 9.50 Å². The smallest absolute Gasteiger partial charge is 0.254 e. The van der Waals surface area contributed by atoms with E-state index in [0.717, 1.165) is 11.8 Å².